The number of hydrogen-bond donors (Lipinski definition) is 1. The van der Waals surface area contributed by atoms with Crippen molar-refractivity contribution in [3.8, 4) is 0 Å². The fourth-order valence-electron chi connectivity index (χ4n) is 3.43. The molecule has 1 amide bonds. The molecule has 3 rings (SSSR count). The molecule has 0 bridgehead atoms. The third-order valence-electron chi connectivity index (χ3n) is 4.75. The smallest absolute Gasteiger partial charge is 0.223 e. The number of rotatable bonds is 5. The normalized spacial score (nSPS) is 27.2. The maximum Gasteiger partial charge on any atom is 0.223 e. The lowest BCUT2D eigenvalue weighted by molar-refractivity contribution is -0.122. The fraction of sp³-hybridized carbons (Fsp3) is 0.562. The highest BCUT2D eigenvalue weighted by atomic mass is 32.2. The van der Waals surface area contributed by atoms with Gasteiger partial charge in [-0.05, 0) is 36.8 Å². The Hall–Kier alpha value is -1.54. The summed E-state index contributed by atoms with van der Waals surface area (Å²) in [6.45, 7) is 0.743. The standard InChI is InChI=1S/C16H20F2N2O3S/c1-24(22,23)20-6-2-3-11(20)9-19-16(21)14-8-13(14)12-5-4-10(17)7-15(12)18/h4-5,7,11,13-14H,2-3,6,8-9H2,1H3,(H,19,21)/t11-,13+,14-/m1/s1. The van der Waals surface area contributed by atoms with Crippen LogP contribution in [0.25, 0.3) is 0 Å². The van der Waals surface area contributed by atoms with Gasteiger partial charge in [0, 0.05) is 31.1 Å². The van der Waals surface area contributed by atoms with Gasteiger partial charge in [-0.1, -0.05) is 6.07 Å². The van der Waals surface area contributed by atoms with Crippen molar-refractivity contribution in [2.75, 3.05) is 19.3 Å². The summed E-state index contributed by atoms with van der Waals surface area (Å²) in [5.41, 5.74) is 0.357. The van der Waals surface area contributed by atoms with E-state index in [1.807, 2.05) is 0 Å². The summed E-state index contributed by atoms with van der Waals surface area (Å²) in [5.74, 6) is -2.04. The van der Waals surface area contributed by atoms with E-state index < -0.39 is 21.7 Å². The van der Waals surface area contributed by atoms with Crippen LogP contribution in [0.5, 0.6) is 0 Å². The highest BCUT2D eigenvalue weighted by molar-refractivity contribution is 7.88. The minimum absolute atomic E-state index is 0.205. The van der Waals surface area contributed by atoms with Gasteiger partial charge in [-0.15, -0.1) is 0 Å². The lowest BCUT2D eigenvalue weighted by Crippen LogP contribution is -2.43. The Labute approximate surface area is 140 Å². The Morgan fingerprint density at radius 3 is 2.79 bits per heavy atom. The molecule has 3 atom stereocenters. The molecule has 1 aliphatic heterocycles. The van der Waals surface area contributed by atoms with Crippen LogP contribution >= 0.6 is 0 Å². The highest BCUT2D eigenvalue weighted by Gasteiger charge is 2.45. The molecular weight excluding hydrogens is 338 g/mol. The number of sulfonamides is 1. The Morgan fingerprint density at radius 1 is 1.38 bits per heavy atom. The van der Waals surface area contributed by atoms with Crippen molar-refractivity contribution < 1.29 is 22.0 Å². The maximum absolute atomic E-state index is 13.7. The number of nitrogens with zero attached hydrogens (tertiary/aromatic N) is 1. The van der Waals surface area contributed by atoms with Crippen molar-refractivity contribution in [3.63, 3.8) is 0 Å². The first-order valence-corrected chi connectivity index (χ1v) is 9.81. The van der Waals surface area contributed by atoms with Gasteiger partial charge in [-0.3, -0.25) is 4.79 Å². The van der Waals surface area contributed by atoms with Crippen LogP contribution in [0, 0.1) is 17.6 Å². The zero-order valence-corrected chi connectivity index (χ0v) is 14.2. The molecule has 2 fully saturated rings. The van der Waals surface area contributed by atoms with Crippen molar-refractivity contribution in [3.05, 3.63) is 35.4 Å². The Bertz CT molecular complexity index is 754. The van der Waals surface area contributed by atoms with Crippen LogP contribution in [0.4, 0.5) is 8.78 Å². The molecule has 1 saturated heterocycles. The predicted octanol–water partition coefficient (Wildman–Crippen LogP) is 1.61. The van der Waals surface area contributed by atoms with Crippen molar-refractivity contribution >= 4 is 15.9 Å². The van der Waals surface area contributed by atoms with Crippen molar-refractivity contribution in [2.45, 2.75) is 31.2 Å². The number of hydrogen-bond acceptors (Lipinski definition) is 3. The van der Waals surface area contributed by atoms with Gasteiger partial charge in [0.05, 0.1) is 6.26 Å². The van der Waals surface area contributed by atoms with E-state index in [2.05, 4.69) is 5.32 Å². The van der Waals surface area contributed by atoms with Crippen LogP contribution in [-0.4, -0.2) is 44.0 Å². The molecular formula is C16H20F2N2O3S. The molecule has 0 aromatic heterocycles. The number of nitrogens with one attached hydrogen (secondary N) is 1. The Morgan fingerprint density at radius 2 is 2.12 bits per heavy atom. The first kappa shape index (κ1) is 17.3. The van der Waals surface area contributed by atoms with Gasteiger partial charge in [-0.25, -0.2) is 17.2 Å². The second kappa shape index (κ2) is 6.40. The summed E-state index contributed by atoms with van der Waals surface area (Å²) in [7, 11) is -3.27. The minimum Gasteiger partial charge on any atom is -0.354 e. The summed E-state index contributed by atoms with van der Waals surface area (Å²) in [6, 6.07) is 3.17. The molecule has 1 saturated carbocycles. The van der Waals surface area contributed by atoms with Gasteiger partial charge in [-0.2, -0.15) is 4.31 Å². The zero-order valence-electron chi connectivity index (χ0n) is 13.3. The lowest BCUT2D eigenvalue weighted by atomic mass is 10.1. The third-order valence-corrected chi connectivity index (χ3v) is 6.08. The summed E-state index contributed by atoms with van der Waals surface area (Å²) in [5, 5.41) is 2.78. The van der Waals surface area contributed by atoms with E-state index in [0.717, 1.165) is 12.5 Å². The zero-order chi connectivity index (χ0) is 17.5. The van der Waals surface area contributed by atoms with E-state index >= 15 is 0 Å². The van der Waals surface area contributed by atoms with Gasteiger partial charge in [0.1, 0.15) is 11.6 Å². The van der Waals surface area contributed by atoms with Crippen molar-refractivity contribution in [1.29, 1.82) is 0 Å². The first-order chi connectivity index (χ1) is 11.3. The van der Waals surface area contributed by atoms with E-state index in [1.165, 1.54) is 22.7 Å². The highest BCUT2D eigenvalue weighted by Crippen LogP contribution is 2.48. The molecule has 24 heavy (non-hydrogen) atoms. The Balaban J connectivity index is 1.55. The molecule has 8 heteroatoms. The lowest BCUT2D eigenvalue weighted by Gasteiger charge is -2.22. The van der Waals surface area contributed by atoms with Gasteiger partial charge >= 0.3 is 0 Å². The summed E-state index contributed by atoms with van der Waals surface area (Å²) in [4.78, 5) is 12.2. The van der Waals surface area contributed by atoms with E-state index in [9.17, 15) is 22.0 Å². The third kappa shape index (κ3) is 3.59. The second-order valence-corrected chi connectivity index (χ2v) is 8.46. The van der Waals surface area contributed by atoms with Gasteiger partial charge in [0.2, 0.25) is 15.9 Å². The van der Waals surface area contributed by atoms with Gasteiger partial charge in [0.15, 0.2) is 0 Å². The number of carbonyl (C=O) groups excluding carboxylic acids is 1. The SMILES string of the molecule is CS(=O)(=O)N1CCC[C@@H]1CNC(=O)[C@@H]1C[C@H]1c1ccc(F)cc1F. The molecule has 5 nitrogen and oxygen atoms in total. The average molecular weight is 358 g/mol. The number of benzene rings is 1. The summed E-state index contributed by atoms with van der Waals surface area (Å²) in [6.07, 6.45) is 3.19. The average Bonchev–Trinajstić information content (AvgIpc) is 3.11. The molecule has 1 aromatic carbocycles. The molecule has 0 spiro atoms. The summed E-state index contributed by atoms with van der Waals surface area (Å²) >= 11 is 0. The maximum atomic E-state index is 13.7. The van der Waals surface area contributed by atoms with Crippen LogP contribution in [0.15, 0.2) is 18.2 Å². The van der Waals surface area contributed by atoms with Crippen molar-refractivity contribution in [2.24, 2.45) is 5.92 Å². The predicted molar refractivity (Wildman–Crippen MR) is 84.8 cm³/mol. The Kier molecular flexibility index (Phi) is 4.61. The fourth-order valence-corrected chi connectivity index (χ4v) is 4.61. The van der Waals surface area contributed by atoms with Crippen LogP contribution < -0.4 is 5.32 Å². The second-order valence-electron chi connectivity index (χ2n) is 6.53. The van der Waals surface area contributed by atoms with E-state index in [-0.39, 0.29) is 30.3 Å². The van der Waals surface area contributed by atoms with Crippen LogP contribution in [0.2, 0.25) is 0 Å². The van der Waals surface area contributed by atoms with Crippen LogP contribution in [0.3, 0.4) is 0 Å². The van der Waals surface area contributed by atoms with Crippen molar-refractivity contribution in [1.82, 2.24) is 9.62 Å². The van der Waals surface area contributed by atoms with E-state index in [1.54, 1.807) is 0 Å². The van der Waals surface area contributed by atoms with E-state index in [4.69, 9.17) is 0 Å². The summed E-state index contributed by atoms with van der Waals surface area (Å²) < 4.78 is 51.5. The largest absolute Gasteiger partial charge is 0.354 e. The molecule has 0 unspecified atom stereocenters. The monoisotopic (exact) mass is 358 g/mol. The molecule has 132 valence electrons. The molecule has 1 aliphatic carbocycles. The molecule has 1 aromatic rings. The number of amides is 1. The molecule has 2 aliphatic rings. The molecule has 1 heterocycles. The van der Waals surface area contributed by atoms with Gasteiger partial charge in [0.25, 0.3) is 0 Å². The first-order valence-electron chi connectivity index (χ1n) is 7.97. The quantitative estimate of drug-likeness (QED) is 0.870. The van der Waals surface area contributed by atoms with Crippen LogP contribution in [0.1, 0.15) is 30.7 Å². The number of carbonyl (C=O) groups is 1. The topological polar surface area (TPSA) is 66.5 Å². The number of halogens is 2. The molecule has 1 N–H and O–H groups in total. The van der Waals surface area contributed by atoms with E-state index in [0.29, 0.717) is 24.9 Å². The molecule has 0 radical (unpaired) electrons. The van der Waals surface area contributed by atoms with Crippen LogP contribution in [-0.2, 0) is 14.8 Å². The minimum atomic E-state index is -3.27. The van der Waals surface area contributed by atoms with Gasteiger partial charge < -0.3 is 5.32 Å².